The van der Waals surface area contributed by atoms with E-state index < -0.39 is 0 Å². The van der Waals surface area contributed by atoms with Crippen LogP contribution in [-0.4, -0.2) is 37.5 Å². The molecule has 1 aliphatic rings. The Hall–Kier alpha value is -1.65. The number of aryl methyl sites for hydroxylation is 1. The van der Waals surface area contributed by atoms with Crippen LogP contribution in [0, 0.1) is 12.8 Å². The summed E-state index contributed by atoms with van der Waals surface area (Å²) in [7, 11) is 2.00. The number of thiophene rings is 1. The van der Waals surface area contributed by atoms with Gasteiger partial charge in [-0.3, -0.25) is 4.79 Å². The third-order valence-corrected chi connectivity index (χ3v) is 5.83. The highest BCUT2D eigenvalue weighted by molar-refractivity contribution is 7.12. The van der Waals surface area contributed by atoms with Crippen molar-refractivity contribution in [3.8, 4) is 11.1 Å². The molecule has 0 aliphatic carbocycles. The van der Waals surface area contributed by atoms with Crippen molar-refractivity contribution in [3.63, 3.8) is 0 Å². The second kappa shape index (κ2) is 7.95. The van der Waals surface area contributed by atoms with E-state index in [2.05, 4.69) is 42.6 Å². The number of carbonyl (C=O) groups is 1. The van der Waals surface area contributed by atoms with E-state index in [0.717, 1.165) is 54.4 Å². The maximum atomic E-state index is 13.0. The quantitative estimate of drug-likeness (QED) is 0.884. The Balaban J connectivity index is 1.69. The summed E-state index contributed by atoms with van der Waals surface area (Å²) in [6.07, 6.45) is 3.46. The van der Waals surface area contributed by atoms with E-state index >= 15 is 0 Å². The average molecular weight is 343 g/mol. The summed E-state index contributed by atoms with van der Waals surface area (Å²) in [4.78, 5) is 15.9. The molecule has 0 bridgehead atoms. The van der Waals surface area contributed by atoms with Crippen LogP contribution in [0.3, 0.4) is 0 Å². The highest BCUT2D eigenvalue weighted by Gasteiger charge is 2.25. The Bertz CT molecular complexity index is 669. The van der Waals surface area contributed by atoms with Crippen LogP contribution in [0.5, 0.6) is 0 Å². The molecule has 24 heavy (non-hydrogen) atoms. The van der Waals surface area contributed by atoms with Gasteiger partial charge in [0.25, 0.3) is 5.91 Å². The second-order valence-corrected chi connectivity index (χ2v) is 7.57. The molecule has 128 valence electrons. The van der Waals surface area contributed by atoms with Gasteiger partial charge < -0.3 is 10.2 Å². The number of rotatable bonds is 5. The maximum absolute atomic E-state index is 13.0. The van der Waals surface area contributed by atoms with Crippen molar-refractivity contribution < 1.29 is 4.79 Å². The number of carbonyl (C=O) groups excluding carboxylic acids is 1. The SMILES string of the molecule is CNCCC1CCN(C(=O)c2sccc2-c2ccc(C)cc2)CC1. The first-order chi connectivity index (χ1) is 11.7. The molecule has 0 radical (unpaired) electrons. The summed E-state index contributed by atoms with van der Waals surface area (Å²) in [5.74, 6) is 0.953. The fourth-order valence-corrected chi connectivity index (χ4v) is 4.24. The van der Waals surface area contributed by atoms with Crippen molar-refractivity contribution in [3.05, 3.63) is 46.2 Å². The van der Waals surface area contributed by atoms with Crippen LogP contribution in [0.1, 0.15) is 34.5 Å². The largest absolute Gasteiger partial charge is 0.338 e. The van der Waals surface area contributed by atoms with Crippen molar-refractivity contribution in [1.29, 1.82) is 0 Å². The number of likely N-dealkylation sites (tertiary alicyclic amines) is 1. The van der Waals surface area contributed by atoms with Gasteiger partial charge in [0.1, 0.15) is 0 Å². The highest BCUT2D eigenvalue weighted by atomic mass is 32.1. The molecule has 1 fully saturated rings. The number of benzene rings is 1. The van der Waals surface area contributed by atoms with Crippen LogP contribution < -0.4 is 5.32 Å². The van der Waals surface area contributed by atoms with Gasteiger partial charge in [-0.05, 0) is 62.7 Å². The molecular weight excluding hydrogens is 316 g/mol. The van der Waals surface area contributed by atoms with Gasteiger partial charge >= 0.3 is 0 Å². The lowest BCUT2D eigenvalue weighted by Crippen LogP contribution is -2.38. The van der Waals surface area contributed by atoms with Gasteiger partial charge in [-0.25, -0.2) is 0 Å². The lowest BCUT2D eigenvalue weighted by Gasteiger charge is -2.32. The van der Waals surface area contributed by atoms with Crippen molar-refractivity contribution in [2.45, 2.75) is 26.2 Å². The summed E-state index contributed by atoms with van der Waals surface area (Å²) in [5.41, 5.74) is 3.45. The summed E-state index contributed by atoms with van der Waals surface area (Å²) in [5, 5.41) is 5.25. The van der Waals surface area contributed by atoms with E-state index in [1.807, 2.05) is 17.3 Å². The van der Waals surface area contributed by atoms with Crippen LogP contribution in [-0.2, 0) is 0 Å². The summed E-state index contributed by atoms with van der Waals surface area (Å²) in [6, 6.07) is 10.5. The van der Waals surface area contributed by atoms with Crippen LogP contribution in [0.25, 0.3) is 11.1 Å². The number of nitrogens with one attached hydrogen (secondary N) is 1. The van der Waals surface area contributed by atoms with E-state index in [9.17, 15) is 4.79 Å². The molecule has 1 amide bonds. The van der Waals surface area contributed by atoms with Crippen molar-refractivity contribution in [1.82, 2.24) is 10.2 Å². The number of hydrogen-bond acceptors (Lipinski definition) is 3. The summed E-state index contributed by atoms with van der Waals surface area (Å²) < 4.78 is 0. The third-order valence-electron chi connectivity index (χ3n) is 4.93. The minimum absolute atomic E-state index is 0.202. The smallest absolute Gasteiger partial charge is 0.264 e. The van der Waals surface area contributed by atoms with Crippen molar-refractivity contribution in [2.24, 2.45) is 5.92 Å². The molecule has 2 aromatic rings. The third kappa shape index (κ3) is 3.87. The van der Waals surface area contributed by atoms with Crippen LogP contribution in [0.2, 0.25) is 0 Å². The summed E-state index contributed by atoms with van der Waals surface area (Å²) in [6.45, 7) is 4.93. The normalized spacial score (nSPS) is 15.7. The van der Waals surface area contributed by atoms with E-state index in [-0.39, 0.29) is 5.91 Å². The van der Waals surface area contributed by atoms with Gasteiger partial charge in [0.15, 0.2) is 0 Å². The molecule has 4 heteroatoms. The number of piperidine rings is 1. The van der Waals surface area contributed by atoms with Gasteiger partial charge in [-0.2, -0.15) is 0 Å². The molecule has 0 saturated carbocycles. The Labute approximate surface area is 148 Å². The van der Waals surface area contributed by atoms with Gasteiger partial charge in [-0.15, -0.1) is 11.3 Å². The van der Waals surface area contributed by atoms with Gasteiger partial charge in [0, 0.05) is 18.7 Å². The van der Waals surface area contributed by atoms with Crippen LogP contribution in [0.15, 0.2) is 35.7 Å². The zero-order valence-electron chi connectivity index (χ0n) is 14.5. The first-order valence-electron chi connectivity index (χ1n) is 8.77. The van der Waals surface area contributed by atoms with E-state index in [1.165, 1.54) is 12.0 Å². The fourth-order valence-electron chi connectivity index (χ4n) is 3.35. The van der Waals surface area contributed by atoms with Gasteiger partial charge in [0.05, 0.1) is 4.88 Å². The number of nitrogens with zero attached hydrogens (tertiary/aromatic N) is 1. The first-order valence-corrected chi connectivity index (χ1v) is 9.65. The number of hydrogen-bond donors (Lipinski definition) is 1. The van der Waals surface area contributed by atoms with Crippen molar-refractivity contribution in [2.75, 3.05) is 26.7 Å². The van der Waals surface area contributed by atoms with E-state index in [4.69, 9.17) is 0 Å². The Kier molecular flexibility index (Phi) is 5.69. The molecule has 0 unspecified atom stereocenters. The predicted octanol–water partition coefficient (Wildman–Crippen LogP) is 4.19. The molecule has 3 nitrogen and oxygen atoms in total. The molecule has 3 rings (SSSR count). The zero-order valence-corrected chi connectivity index (χ0v) is 15.4. The molecule has 1 aliphatic heterocycles. The van der Waals surface area contributed by atoms with Crippen LogP contribution in [0.4, 0.5) is 0 Å². The average Bonchev–Trinajstić information content (AvgIpc) is 3.10. The van der Waals surface area contributed by atoms with Crippen molar-refractivity contribution >= 4 is 17.2 Å². The maximum Gasteiger partial charge on any atom is 0.264 e. The lowest BCUT2D eigenvalue weighted by atomic mass is 9.93. The zero-order chi connectivity index (χ0) is 16.9. The minimum atomic E-state index is 0.202. The predicted molar refractivity (Wildman–Crippen MR) is 102 cm³/mol. The first kappa shape index (κ1) is 17.2. The molecular formula is C20H26N2OS. The van der Waals surface area contributed by atoms with Gasteiger partial charge in [-0.1, -0.05) is 29.8 Å². The lowest BCUT2D eigenvalue weighted by molar-refractivity contribution is 0.0693. The molecule has 0 spiro atoms. The van der Waals surface area contributed by atoms with Crippen LogP contribution >= 0.6 is 11.3 Å². The Morgan fingerprint density at radius 1 is 1.21 bits per heavy atom. The molecule has 1 aromatic heterocycles. The number of amides is 1. The monoisotopic (exact) mass is 342 g/mol. The topological polar surface area (TPSA) is 32.3 Å². The molecule has 1 saturated heterocycles. The fraction of sp³-hybridized carbons (Fsp3) is 0.450. The molecule has 2 heterocycles. The Morgan fingerprint density at radius 3 is 2.58 bits per heavy atom. The van der Waals surface area contributed by atoms with E-state index in [0.29, 0.717) is 0 Å². The standard InChI is InChI=1S/C20H26N2OS/c1-15-3-5-17(6-4-15)18-10-14-24-19(18)20(23)22-12-8-16(9-13-22)7-11-21-2/h3-6,10,14,16,21H,7-9,11-13H2,1-2H3. The highest BCUT2D eigenvalue weighted by Crippen LogP contribution is 2.31. The molecule has 1 N–H and O–H groups in total. The molecule has 1 aromatic carbocycles. The van der Waals surface area contributed by atoms with E-state index in [1.54, 1.807) is 11.3 Å². The Morgan fingerprint density at radius 2 is 1.92 bits per heavy atom. The second-order valence-electron chi connectivity index (χ2n) is 6.66. The summed E-state index contributed by atoms with van der Waals surface area (Å²) >= 11 is 1.56. The molecule has 0 atom stereocenters. The minimum Gasteiger partial charge on any atom is -0.338 e. The van der Waals surface area contributed by atoms with Gasteiger partial charge in [0.2, 0.25) is 0 Å².